The number of amides is 4. The number of carbonyl (C=O) groups is 2. The maximum atomic E-state index is 12.3. The lowest BCUT2D eigenvalue weighted by Gasteiger charge is -2.14. The molecule has 0 saturated heterocycles. The summed E-state index contributed by atoms with van der Waals surface area (Å²) in [6.07, 6.45) is 1.58. The third kappa shape index (κ3) is 5.73. The quantitative estimate of drug-likeness (QED) is 0.255. The van der Waals surface area contributed by atoms with Crippen molar-refractivity contribution in [3.05, 3.63) is 66.9 Å². The third-order valence-electron chi connectivity index (χ3n) is 5.23. The molecule has 3 aromatic carbocycles. The fourth-order valence-corrected chi connectivity index (χ4v) is 3.50. The Labute approximate surface area is 211 Å². The monoisotopic (exact) mass is 504 g/mol. The van der Waals surface area contributed by atoms with Gasteiger partial charge in [0.05, 0.1) is 38.2 Å². The Balaban J connectivity index is 1.44. The number of para-hydroxylation sites is 2. The standard InChI is InChI=1S/C26H24N4O7/c1-34-22-7-5-4-6-18(22)29-26(33)30-25(32)28-17-9-8-15(12-20(17)31)37-21-10-11-27-19-14-24(36-3)23(35-2)13-16(19)21/h4-14,31H,1-3H3,(H3,28,29,30,32,33). The number of hydrogen-bond acceptors (Lipinski definition) is 8. The molecule has 0 atom stereocenters. The summed E-state index contributed by atoms with van der Waals surface area (Å²) >= 11 is 0. The Bertz CT molecular complexity index is 1460. The molecule has 11 nitrogen and oxygen atoms in total. The van der Waals surface area contributed by atoms with Crippen LogP contribution in [0.5, 0.6) is 34.5 Å². The normalized spacial score (nSPS) is 10.4. The van der Waals surface area contributed by atoms with Crippen molar-refractivity contribution in [1.29, 1.82) is 0 Å². The van der Waals surface area contributed by atoms with Crippen LogP contribution in [0.2, 0.25) is 0 Å². The molecule has 0 saturated carbocycles. The van der Waals surface area contributed by atoms with Crippen molar-refractivity contribution >= 4 is 34.3 Å². The largest absolute Gasteiger partial charge is 0.506 e. The van der Waals surface area contributed by atoms with Gasteiger partial charge in [-0.05, 0) is 36.4 Å². The van der Waals surface area contributed by atoms with Gasteiger partial charge in [-0.15, -0.1) is 0 Å². The van der Waals surface area contributed by atoms with Crippen LogP contribution in [0.25, 0.3) is 10.9 Å². The number of ether oxygens (including phenoxy) is 4. The van der Waals surface area contributed by atoms with Gasteiger partial charge in [-0.1, -0.05) is 12.1 Å². The van der Waals surface area contributed by atoms with Gasteiger partial charge in [-0.2, -0.15) is 0 Å². The first kappa shape index (κ1) is 24.9. The van der Waals surface area contributed by atoms with Crippen LogP contribution < -0.4 is 34.9 Å². The first-order valence-electron chi connectivity index (χ1n) is 11.0. The SMILES string of the molecule is COc1ccccc1NC(=O)NC(=O)Nc1ccc(Oc2ccnc3cc(OC)c(OC)cc23)cc1O. The van der Waals surface area contributed by atoms with E-state index in [9.17, 15) is 14.7 Å². The smallest absolute Gasteiger partial charge is 0.327 e. The maximum Gasteiger partial charge on any atom is 0.327 e. The van der Waals surface area contributed by atoms with Crippen LogP contribution >= 0.6 is 0 Å². The highest BCUT2D eigenvalue weighted by molar-refractivity contribution is 6.06. The van der Waals surface area contributed by atoms with Gasteiger partial charge in [-0.3, -0.25) is 10.3 Å². The van der Waals surface area contributed by atoms with Crippen molar-refractivity contribution < 1.29 is 33.6 Å². The molecule has 1 aromatic heterocycles. The van der Waals surface area contributed by atoms with Crippen LogP contribution in [-0.4, -0.2) is 43.5 Å². The number of phenols is 1. The van der Waals surface area contributed by atoms with E-state index in [1.807, 2.05) is 0 Å². The number of carbonyl (C=O) groups excluding carboxylic acids is 2. The number of aromatic nitrogens is 1. The van der Waals surface area contributed by atoms with Gasteiger partial charge in [0.1, 0.15) is 23.0 Å². The molecule has 4 amide bonds. The predicted molar refractivity (Wildman–Crippen MR) is 137 cm³/mol. The number of fused-ring (bicyclic) bond motifs is 1. The van der Waals surface area contributed by atoms with Crippen molar-refractivity contribution in [3.63, 3.8) is 0 Å². The number of hydrogen-bond donors (Lipinski definition) is 4. The lowest BCUT2D eigenvalue weighted by molar-refractivity contribution is 0.240. The van der Waals surface area contributed by atoms with Crippen molar-refractivity contribution in [2.45, 2.75) is 0 Å². The number of anilines is 2. The van der Waals surface area contributed by atoms with Gasteiger partial charge in [0, 0.05) is 23.7 Å². The summed E-state index contributed by atoms with van der Waals surface area (Å²) in [5, 5.41) is 18.2. The molecule has 1 heterocycles. The second-order valence-electron chi connectivity index (χ2n) is 7.55. The van der Waals surface area contributed by atoms with E-state index in [0.717, 1.165) is 0 Å². The Kier molecular flexibility index (Phi) is 7.43. The molecule has 4 N–H and O–H groups in total. The molecule has 0 bridgehead atoms. The zero-order valence-electron chi connectivity index (χ0n) is 20.2. The van der Waals surface area contributed by atoms with Gasteiger partial charge in [0.2, 0.25) is 0 Å². The molecule has 190 valence electrons. The summed E-state index contributed by atoms with van der Waals surface area (Å²) in [5.74, 6) is 1.98. The van der Waals surface area contributed by atoms with Crippen LogP contribution in [0.4, 0.5) is 21.0 Å². The van der Waals surface area contributed by atoms with E-state index in [-0.39, 0.29) is 11.4 Å². The molecule has 0 radical (unpaired) electrons. The number of imide groups is 1. The number of nitrogens with zero attached hydrogens (tertiary/aromatic N) is 1. The van der Waals surface area contributed by atoms with Gasteiger partial charge in [-0.25, -0.2) is 9.59 Å². The fourth-order valence-electron chi connectivity index (χ4n) is 3.50. The second-order valence-corrected chi connectivity index (χ2v) is 7.55. The molecule has 0 unspecified atom stereocenters. The highest BCUT2D eigenvalue weighted by Crippen LogP contribution is 2.38. The van der Waals surface area contributed by atoms with Crippen LogP contribution in [0, 0.1) is 0 Å². The minimum absolute atomic E-state index is 0.0703. The summed E-state index contributed by atoms with van der Waals surface area (Å²) < 4.78 is 21.8. The number of urea groups is 2. The summed E-state index contributed by atoms with van der Waals surface area (Å²) in [4.78, 5) is 28.8. The number of methoxy groups -OCH3 is 3. The molecule has 0 spiro atoms. The minimum Gasteiger partial charge on any atom is -0.506 e. The first-order valence-corrected chi connectivity index (χ1v) is 11.0. The molecule has 0 aliphatic rings. The average molecular weight is 504 g/mol. The second kappa shape index (κ2) is 11.0. The number of aromatic hydroxyl groups is 1. The molecule has 37 heavy (non-hydrogen) atoms. The van der Waals surface area contributed by atoms with Crippen molar-refractivity contribution in [2.24, 2.45) is 0 Å². The number of nitrogens with one attached hydrogen (secondary N) is 3. The van der Waals surface area contributed by atoms with Gasteiger partial charge in [0.25, 0.3) is 0 Å². The fraction of sp³-hybridized carbons (Fsp3) is 0.115. The zero-order chi connectivity index (χ0) is 26.4. The highest BCUT2D eigenvalue weighted by Gasteiger charge is 2.14. The first-order chi connectivity index (χ1) is 17.9. The minimum atomic E-state index is -0.850. The topological polar surface area (TPSA) is 140 Å². The number of pyridine rings is 1. The maximum absolute atomic E-state index is 12.3. The summed E-state index contributed by atoms with van der Waals surface area (Å²) in [6, 6.07) is 14.6. The van der Waals surface area contributed by atoms with Gasteiger partial charge < -0.3 is 34.7 Å². The van der Waals surface area contributed by atoms with Crippen molar-refractivity contribution in [3.8, 4) is 34.5 Å². The van der Waals surface area contributed by atoms with Gasteiger partial charge in [0.15, 0.2) is 11.5 Å². The number of benzene rings is 3. The Hall–Kier alpha value is -5.19. The highest BCUT2D eigenvalue weighted by atomic mass is 16.5. The molecular formula is C26H24N4O7. The van der Waals surface area contributed by atoms with E-state index in [4.69, 9.17) is 18.9 Å². The third-order valence-corrected chi connectivity index (χ3v) is 5.23. The van der Waals surface area contributed by atoms with E-state index in [1.54, 1.807) is 54.7 Å². The number of rotatable bonds is 7. The van der Waals surface area contributed by atoms with Crippen LogP contribution in [0.3, 0.4) is 0 Å². The van der Waals surface area contributed by atoms with Crippen molar-refractivity contribution in [1.82, 2.24) is 10.3 Å². The Morgan fingerprint density at radius 2 is 1.43 bits per heavy atom. The van der Waals surface area contributed by atoms with Crippen molar-refractivity contribution in [2.75, 3.05) is 32.0 Å². The molecule has 0 fully saturated rings. The van der Waals surface area contributed by atoms with E-state index < -0.39 is 12.1 Å². The average Bonchev–Trinajstić information content (AvgIpc) is 2.89. The molecule has 0 aliphatic heterocycles. The predicted octanol–water partition coefficient (Wildman–Crippen LogP) is 5.11. The Morgan fingerprint density at radius 3 is 2.14 bits per heavy atom. The Morgan fingerprint density at radius 1 is 0.757 bits per heavy atom. The van der Waals surface area contributed by atoms with E-state index in [0.29, 0.717) is 45.3 Å². The van der Waals surface area contributed by atoms with E-state index in [1.165, 1.54) is 33.5 Å². The summed E-state index contributed by atoms with van der Waals surface area (Å²) in [6.45, 7) is 0. The lowest BCUT2D eigenvalue weighted by atomic mass is 10.2. The zero-order valence-corrected chi connectivity index (χ0v) is 20.2. The molecule has 11 heteroatoms. The summed E-state index contributed by atoms with van der Waals surface area (Å²) in [5.41, 5.74) is 1.08. The van der Waals surface area contributed by atoms with Crippen LogP contribution in [0.1, 0.15) is 0 Å². The molecule has 4 aromatic rings. The molecule has 4 rings (SSSR count). The molecular weight excluding hydrogens is 480 g/mol. The number of phenolic OH excluding ortho intramolecular Hbond substituents is 1. The van der Waals surface area contributed by atoms with Crippen LogP contribution in [-0.2, 0) is 0 Å². The van der Waals surface area contributed by atoms with E-state index >= 15 is 0 Å². The van der Waals surface area contributed by atoms with E-state index in [2.05, 4.69) is 20.9 Å². The van der Waals surface area contributed by atoms with Crippen LogP contribution in [0.15, 0.2) is 66.9 Å². The molecule has 0 aliphatic carbocycles. The lowest BCUT2D eigenvalue weighted by Crippen LogP contribution is -2.37. The summed E-state index contributed by atoms with van der Waals surface area (Å²) in [7, 11) is 4.53. The van der Waals surface area contributed by atoms with Gasteiger partial charge >= 0.3 is 12.1 Å².